The number of rotatable bonds is 3. The van der Waals surface area contributed by atoms with Crippen molar-refractivity contribution in [2.45, 2.75) is 4.90 Å². The molecule has 0 amide bonds. The number of sulfonamides is 1. The molecule has 5 nitrogen and oxygen atoms in total. The predicted molar refractivity (Wildman–Crippen MR) is 59.3 cm³/mol. The van der Waals surface area contributed by atoms with Gasteiger partial charge in [0, 0.05) is 18.6 Å². The van der Waals surface area contributed by atoms with E-state index in [-0.39, 0.29) is 4.90 Å². The molecule has 2 aromatic rings. The molecule has 2 heterocycles. The van der Waals surface area contributed by atoms with Crippen molar-refractivity contribution >= 4 is 15.7 Å². The van der Waals surface area contributed by atoms with Crippen LogP contribution in [0.5, 0.6) is 0 Å². The maximum Gasteiger partial charge on any atom is 0.263 e. The van der Waals surface area contributed by atoms with Gasteiger partial charge in [0.1, 0.15) is 4.90 Å². The largest absolute Gasteiger partial charge is 0.278 e. The van der Waals surface area contributed by atoms with Crippen LogP contribution in [0, 0.1) is 0 Å². The van der Waals surface area contributed by atoms with Crippen molar-refractivity contribution in [2.75, 3.05) is 4.72 Å². The van der Waals surface area contributed by atoms with Crippen LogP contribution in [0.15, 0.2) is 53.9 Å². The van der Waals surface area contributed by atoms with Gasteiger partial charge in [-0.2, -0.15) is 0 Å². The first-order valence-corrected chi connectivity index (χ1v) is 6.00. The Labute approximate surface area is 93.2 Å². The number of nitrogens with zero attached hydrogens (tertiary/aromatic N) is 2. The van der Waals surface area contributed by atoms with E-state index in [2.05, 4.69) is 14.7 Å². The van der Waals surface area contributed by atoms with Crippen LogP contribution in [-0.4, -0.2) is 18.4 Å². The second kappa shape index (κ2) is 4.28. The zero-order valence-electron chi connectivity index (χ0n) is 8.24. The molecule has 1 N–H and O–H groups in total. The average Bonchev–Trinajstić information content (AvgIpc) is 2.31. The third kappa shape index (κ3) is 2.34. The second-order valence-electron chi connectivity index (χ2n) is 3.04. The molecule has 0 fully saturated rings. The molecule has 0 saturated heterocycles. The average molecular weight is 235 g/mol. The van der Waals surface area contributed by atoms with Gasteiger partial charge in [0.05, 0.1) is 11.9 Å². The number of hydrogen-bond donors (Lipinski definition) is 1. The number of pyridine rings is 2. The lowest BCUT2D eigenvalue weighted by atomic mass is 10.4. The lowest BCUT2D eigenvalue weighted by molar-refractivity contribution is 0.601. The molecule has 0 unspecified atom stereocenters. The SMILES string of the molecule is O=S(=O)(Nc1cccnc1)c1cccnc1. The molecule has 2 aromatic heterocycles. The van der Waals surface area contributed by atoms with E-state index in [1.54, 1.807) is 24.4 Å². The van der Waals surface area contributed by atoms with Crippen LogP contribution in [0.1, 0.15) is 0 Å². The summed E-state index contributed by atoms with van der Waals surface area (Å²) in [5.74, 6) is 0. The summed E-state index contributed by atoms with van der Waals surface area (Å²) in [5, 5.41) is 0. The molecular formula is C10H9N3O2S. The zero-order valence-corrected chi connectivity index (χ0v) is 9.05. The molecule has 0 atom stereocenters. The Bertz CT molecular complexity index is 555. The van der Waals surface area contributed by atoms with E-state index >= 15 is 0 Å². The quantitative estimate of drug-likeness (QED) is 0.869. The van der Waals surface area contributed by atoms with Crippen molar-refractivity contribution in [1.29, 1.82) is 0 Å². The van der Waals surface area contributed by atoms with Crippen LogP contribution in [0.3, 0.4) is 0 Å². The fourth-order valence-electron chi connectivity index (χ4n) is 1.14. The van der Waals surface area contributed by atoms with Gasteiger partial charge in [-0.1, -0.05) is 0 Å². The van der Waals surface area contributed by atoms with Crippen LogP contribution >= 0.6 is 0 Å². The lowest BCUT2D eigenvalue weighted by Gasteiger charge is -2.06. The molecule has 0 spiro atoms. The summed E-state index contributed by atoms with van der Waals surface area (Å²) in [7, 11) is -3.57. The fourth-order valence-corrected chi connectivity index (χ4v) is 2.15. The first kappa shape index (κ1) is 10.6. The van der Waals surface area contributed by atoms with Crippen LogP contribution in [0.25, 0.3) is 0 Å². The van der Waals surface area contributed by atoms with Gasteiger partial charge in [-0.3, -0.25) is 14.7 Å². The van der Waals surface area contributed by atoms with Crippen LogP contribution in [-0.2, 0) is 10.0 Å². The molecule has 0 aliphatic rings. The third-order valence-electron chi connectivity index (χ3n) is 1.86. The fraction of sp³-hybridized carbons (Fsp3) is 0. The van der Waals surface area contributed by atoms with E-state index in [1.807, 2.05) is 0 Å². The van der Waals surface area contributed by atoms with E-state index in [0.29, 0.717) is 5.69 Å². The molecule has 0 aliphatic carbocycles. The molecular weight excluding hydrogens is 226 g/mol. The Morgan fingerprint density at radius 1 is 1.00 bits per heavy atom. The summed E-state index contributed by atoms with van der Waals surface area (Å²) in [6, 6.07) is 6.32. The van der Waals surface area contributed by atoms with Gasteiger partial charge in [-0.25, -0.2) is 8.42 Å². The van der Waals surface area contributed by atoms with Crippen molar-refractivity contribution in [2.24, 2.45) is 0 Å². The number of aromatic nitrogens is 2. The second-order valence-corrected chi connectivity index (χ2v) is 4.72. The number of anilines is 1. The van der Waals surface area contributed by atoms with Crippen molar-refractivity contribution in [3.63, 3.8) is 0 Å². The molecule has 6 heteroatoms. The van der Waals surface area contributed by atoms with Crippen molar-refractivity contribution in [3.05, 3.63) is 49.1 Å². The van der Waals surface area contributed by atoms with Crippen LogP contribution < -0.4 is 4.72 Å². The molecule has 16 heavy (non-hydrogen) atoms. The van der Waals surface area contributed by atoms with Crippen molar-refractivity contribution < 1.29 is 8.42 Å². The Morgan fingerprint density at radius 3 is 2.25 bits per heavy atom. The molecule has 2 rings (SSSR count). The third-order valence-corrected chi connectivity index (χ3v) is 3.22. The monoisotopic (exact) mass is 235 g/mol. The molecule has 0 bridgehead atoms. The maximum atomic E-state index is 11.8. The molecule has 0 aromatic carbocycles. The van der Waals surface area contributed by atoms with Gasteiger partial charge in [0.2, 0.25) is 0 Å². The minimum absolute atomic E-state index is 0.124. The number of nitrogens with one attached hydrogen (secondary N) is 1. The van der Waals surface area contributed by atoms with Crippen LogP contribution in [0.4, 0.5) is 5.69 Å². The highest BCUT2D eigenvalue weighted by molar-refractivity contribution is 7.92. The van der Waals surface area contributed by atoms with Gasteiger partial charge in [0.15, 0.2) is 0 Å². The Hall–Kier alpha value is -1.95. The molecule has 0 saturated carbocycles. The van der Waals surface area contributed by atoms with Gasteiger partial charge in [-0.15, -0.1) is 0 Å². The van der Waals surface area contributed by atoms with E-state index < -0.39 is 10.0 Å². The molecule has 0 radical (unpaired) electrons. The maximum absolute atomic E-state index is 11.8. The summed E-state index contributed by atoms with van der Waals surface area (Å²) >= 11 is 0. The molecule has 82 valence electrons. The summed E-state index contributed by atoms with van der Waals surface area (Å²) in [5.41, 5.74) is 0.423. The zero-order chi connectivity index (χ0) is 11.4. The lowest BCUT2D eigenvalue weighted by Crippen LogP contribution is -2.13. The van der Waals surface area contributed by atoms with Gasteiger partial charge in [-0.05, 0) is 24.3 Å². The van der Waals surface area contributed by atoms with Gasteiger partial charge in [0.25, 0.3) is 10.0 Å². The predicted octanol–water partition coefficient (Wildman–Crippen LogP) is 1.28. The highest BCUT2D eigenvalue weighted by atomic mass is 32.2. The van der Waals surface area contributed by atoms with E-state index in [1.165, 1.54) is 24.7 Å². The van der Waals surface area contributed by atoms with Crippen molar-refractivity contribution in [1.82, 2.24) is 9.97 Å². The van der Waals surface area contributed by atoms with Gasteiger partial charge >= 0.3 is 0 Å². The van der Waals surface area contributed by atoms with Crippen molar-refractivity contribution in [3.8, 4) is 0 Å². The topological polar surface area (TPSA) is 72.0 Å². The van der Waals surface area contributed by atoms with E-state index in [0.717, 1.165) is 0 Å². The Morgan fingerprint density at radius 2 is 1.69 bits per heavy atom. The normalized spacial score (nSPS) is 11.0. The highest BCUT2D eigenvalue weighted by Gasteiger charge is 2.13. The van der Waals surface area contributed by atoms with Gasteiger partial charge < -0.3 is 0 Å². The summed E-state index contributed by atoms with van der Waals surface area (Å²) in [4.78, 5) is 7.70. The standard InChI is InChI=1S/C10H9N3O2S/c14-16(15,10-4-2-6-12-8-10)13-9-3-1-5-11-7-9/h1-8,13H. The Kier molecular flexibility index (Phi) is 2.82. The first-order valence-electron chi connectivity index (χ1n) is 4.51. The number of hydrogen-bond acceptors (Lipinski definition) is 4. The Balaban J connectivity index is 2.29. The highest BCUT2D eigenvalue weighted by Crippen LogP contribution is 2.12. The first-order chi connectivity index (χ1) is 7.68. The smallest absolute Gasteiger partial charge is 0.263 e. The van der Waals surface area contributed by atoms with E-state index in [9.17, 15) is 8.42 Å². The van der Waals surface area contributed by atoms with E-state index in [4.69, 9.17) is 0 Å². The summed E-state index contributed by atoms with van der Waals surface area (Å²) in [6.07, 6.45) is 5.82. The minimum atomic E-state index is -3.57. The van der Waals surface area contributed by atoms with Crippen LogP contribution in [0.2, 0.25) is 0 Å². The summed E-state index contributed by atoms with van der Waals surface area (Å²) < 4.78 is 26.0. The molecule has 0 aliphatic heterocycles. The minimum Gasteiger partial charge on any atom is -0.278 e. The summed E-state index contributed by atoms with van der Waals surface area (Å²) in [6.45, 7) is 0.